The number of rotatable bonds is 5. The normalized spacial score (nSPS) is 12.2. The molecule has 16 heavy (non-hydrogen) atoms. The first-order valence-electron chi connectivity index (χ1n) is 5.09. The van der Waals surface area contributed by atoms with Crippen LogP contribution in [0.5, 0.6) is 0 Å². The maximum atomic E-state index is 11.3. The average Bonchev–Trinajstić information content (AvgIpc) is 2.29. The molecule has 0 aliphatic carbocycles. The summed E-state index contributed by atoms with van der Waals surface area (Å²) in [5.41, 5.74) is 1.10. The van der Waals surface area contributed by atoms with E-state index in [-0.39, 0.29) is 18.6 Å². The summed E-state index contributed by atoms with van der Waals surface area (Å²) >= 11 is 1.70. The lowest BCUT2D eigenvalue weighted by molar-refractivity contribution is -0.125. The fraction of sp³-hybridized carbons (Fsp3) is 0.417. The summed E-state index contributed by atoms with van der Waals surface area (Å²) in [6.45, 7) is 2.06. The molecule has 0 aliphatic rings. The van der Waals surface area contributed by atoms with Gasteiger partial charge in [-0.15, -0.1) is 11.8 Å². The van der Waals surface area contributed by atoms with Crippen LogP contribution < -0.4 is 5.32 Å². The van der Waals surface area contributed by atoms with E-state index in [0.29, 0.717) is 0 Å². The van der Waals surface area contributed by atoms with Crippen LogP contribution in [0.1, 0.15) is 18.5 Å². The molecule has 1 rings (SSSR count). The Morgan fingerprint density at radius 2 is 2.06 bits per heavy atom. The molecular weight excluding hydrogens is 222 g/mol. The summed E-state index contributed by atoms with van der Waals surface area (Å²) in [5, 5.41) is 2.86. The first-order chi connectivity index (χ1) is 7.67. The minimum absolute atomic E-state index is 0.0126. The fourth-order valence-electron chi connectivity index (χ4n) is 1.39. The van der Waals surface area contributed by atoms with E-state index in [1.54, 1.807) is 11.8 Å². The van der Waals surface area contributed by atoms with Crippen LogP contribution in [0.15, 0.2) is 29.2 Å². The maximum Gasteiger partial charge on any atom is 0.246 e. The number of methoxy groups -OCH3 is 1. The first-order valence-corrected chi connectivity index (χ1v) is 6.32. The van der Waals surface area contributed by atoms with Crippen LogP contribution in [-0.4, -0.2) is 25.9 Å². The molecule has 1 aromatic rings. The molecule has 1 atom stereocenters. The van der Waals surface area contributed by atoms with E-state index in [1.165, 1.54) is 12.0 Å². The van der Waals surface area contributed by atoms with Gasteiger partial charge in [-0.1, -0.05) is 12.1 Å². The van der Waals surface area contributed by atoms with Crippen LogP contribution in [0.2, 0.25) is 0 Å². The van der Waals surface area contributed by atoms with Gasteiger partial charge in [-0.3, -0.25) is 4.79 Å². The molecule has 0 heterocycles. The number of ether oxygens (including phenoxy) is 1. The summed E-state index contributed by atoms with van der Waals surface area (Å²) in [4.78, 5) is 12.5. The minimum atomic E-state index is -0.0936. The molecule has 0 radical (unpaired) electrons. The second-order valence-electron chi connectivity index (χ2n) is 3.50. The van der Waals surface area contributed by atoms with Crippen LogP contribution in [0, 0.1) is 0 Å². The Kier molecular flexibility index (Phi) is 5.35. The van der Waals surface area contributed by atoms with Crippen LogP contribution in [0.25, 0.3) is 0 Å². The topological polar surface area (TPSA) is 38.3 Å². The van der Waals surface area contributed by atoms with Gasteiger partial charge < -0.3 is 10.1 Å². The lowest BCUT2D eigenvalue weighted by Gasteiger charge is -2.14. The van der Waals surface area contributed by atoms with E-state index < -0.39 is 0 Å². The molecule has 0 aliphatic heterocycles. The predicted molar refractivity (Wildman–Crippen MR) is 66.7 cm³/mol. The van der Waals surface area contributed by atoms with Crippen molar-refractivity contribution in [2.45, 2.75) is 17.9 Å². The van der Waals surface area contributed by atoms with Crippen LogP contribution in [0.4, 0.5) is 0 Å². The van der Waals surface area contributed by atoms with Gasteiger partial charge in [0.25, 0.3) is 0 Å². The maximum absolute atomic E-state index is 11.3. The Hall–Kier alpha value is -1.00. The van der Waals surface area contributed by atoms with Crippen molar-refractivity contribution in [3.05, 3.63) is 29.8 Å². The van der Waals surface area contributed by atoms with Crippen molar-refractivity contribution in [1.82, 2.24) is 5.32 Å². The highest BCUT2D eigenvalue weighted by Crippen LogP contribution is 2.18. The zero-order valence-electron chi connectivity index (χ0n) is 9.82. The smallest absolute Gasteiger partial charge is 0.246 e. The zero-order valence-corrected chi connectivity index (χ0v) is 10.6. The minimum Gasteiger partial charge on any atom is -0.375 e. The summed E-state index contributed by atoms with van der Waals surface area (Å²) < 4.78 is 4.76. The first kappa shape index (κ1) is 13.1. The van der Waals surface area contributed by atoms with Crippen molar-refractivity contribution in [1.29, 1.82) is 0 Å². The van der Waals surface area contributed by atoms with Crippen molar-refractivity contribution < 1.29 is 9.53 Å². The van der Waals surface area contributed by atoms with E-state index in [2.05, 4.69) is 17.4 Å². The second-order valence-corrected chi connectivity index (χ2v) is 4.38. The Morgan fingerprint density at radius 3 is 2.56 bits per heavy atom. The third-order valence-electron chi connectivity index (χ3n) is 2.27. The number of nitrogens with one attached hydrogen (secondary N) is 1. The van der Waals surface area contributed by atoms with Gasteiger partial charge in [0, 0.05) is 12.0 Å². The summed E-state index contributed by atoms with van der Waals surface area (Å²) in [7, 11) is 1.51. The highest BCUT2D eigenvalue weighted by atomic mass is 32.2. The van der Waals surface area contributed by atoms with Crippen molar-refractivity contribution >= 4 is 17.7 Å². The highest BCUT2D eigenvalue weighted by molar-refractivity contribution is 7.98. The fourth-order valence-corrected chi connectivity index (χ4v) is 1.80. The van der Waals surface area contributed by atoms with E-state index in [0.717, 1.165) is 5.56 Å². The molecule has 1 amide bonds. The summed E-state index contributed by atoms with van der Waals surface area (Å²) in [6.07, 6.45) is 2.04. The predicted octanol–water partition coefficient (Wildman–Crippen LogP) is 2.23. The molecular formula is C12H17NO2S. The Morgan fingerprint density at radius 1 is 1.44 bits per heavy atom. The standard InChI is InChI=1S/C12H17NO2S/c1-9(13-12(14)8-15-2)10-4-6-11(16-3)7-5-10/h4-7,9H,8H2,1-3H3,(H,13,14). The van der Waals surface area contributed by atoms with E-state index >= 15 is 0 Å². The largest absolute Gasteiger partial charge is 0.375 e. The quantitative estimate of drug-likeness (QED) is 0.801. The van der Waals surface area contributed by atoms with Gasteiger partial charge in [0.05, 0.1) is 6.04 Å². The number of carbonyl (C=O) groups is 1. The van der Waals surface area contributed by atoms with Gasteiger partial charge in [-0.05, 0) is 30.9 Å². The van der Waals surface area contributed by atoms with Crippen molar-refractivity contribution in [2.75, 3.05) is 20.0 Å². The van der Waals surface area contributed by atoms with E-state index in [4.69, 9.17) is 4.74 Å². The van der Waals surface area contributed by atoms with Crippen LogP contribution in [0.3, 0.4) is 0 Å². The Balaban J connectivity index is 2.58. The average molecular weight is 239 g/mol. The third kappa shape index (κ3) is 3.87. The lowest BCUT2D eigenvalue weighted by Crippen LogP contribution is -2.29. The third-order valence-corrected chi connectivity index (χ3v) is 3.01. The molecule has 88 valence electrons. The molecule has 0 spiro atoms. The van der Waals surface area contributed by atoms with Crippen LogP contribution >= 0.6 is 11.8 Å². The number of benzene rings is 1. The molecule has 4 heteroatoms. The number of hydrogen-bond donors (Lipinski definition) is 1. The van der Waals surface area contributed by atoms with Crippen molar-refractivity contribution in [3.8, 4) is 0 Å². The molecule has 3 nitrogen and oxygen atoms in total. The Labute approximate surface area is 101 Å². The molecule has 0 saturated carbocycles. The lowest BCUT2D eigenvalue weighted by atomic mass is 10.1. The molecule has 1 aromatic carbocycles. The van der Waals surface area contributed by atoms with E-state index in [9.17, 15) is 4.79 Å². The molecule has 0 fully saturated rings. The van der Waals surface area contributed by atoms with Crippen LogP contribution in [-0.2, 0) is 9.53 Å². The molecule has 1 unspecified atom stereocenters. The number of carbonyl (C=O) groups excluding carboxylic acids is 1. The van der Waals surface area contributed by atoms with Gasteiger partial charge in [0.2, 0.25) is 5.91 Å². The van der Waals surface area contributed by atoms with Gasteiger partial charge in [-0.25, -0.2) is 0 Å². The van der Waals surface area contributed by atoms with Gasteiger partial charge in [-0.2, -0.15) is 0 Å². The van der Waals surface area contributed by atoms with E-state index in [1.807, 2.05) is 25.3 Å². The second kappa shape index (κ2) is 6.55. The summed E-state index contributed by atoms with van der Waals surface area (Å²) in [5.74, 6) is -0.0936. The molecule has 0 bridgehead atoms. The highest BCUT2D eigenvalue weighted by Gasteiger charge is 2.08. The zero-order chi connectivity index (χ0) is 12.0. The van der Waals surface area contributed by atoms with Gasteiger partial charge >= 0.3 is 0 Å². The van der Waals surface area contributed by atoms with Gasteiger partial charge in [0.15, 0.2) is 0 Å². The molecule has 1 N–H and O–H groups in total. The van der Waals surface area contributed by atoms with Crippen molar-refractivity contribution in [3.63, 3.8) is 0 Å². The number of hydrogen-bond acceptors (Lipinski definition) is 3. The number of thioether (sulfide) groups is 1. The van der Waals surface area contributed by atoms with Gasteiger partial charge in [0.1, 0.15) is 6.61 Å². The monoisotopic (exact) mass is 239 g/mol. The Bertz CT molecular complexity index is 337. The number of amides is 1. The SMILES string of the molecule is COCC(=O)NC(C)c1ccc(SC)cc1. The molecule has 0 aromatic heterocycles. The van der Waals surface area contributed by atoms with Crippen molar-refractivity contribution in [2.24, 2.45) is 0 Å². The summed E-state index contributed by atoms with van der Waals surface area (Å²) in [6, 6.07) is 8.18. The molecule has 0 saturated heterocycles.